The zero-order valence-corrected chi connectivity index (χ0v) is 11.2. The molecule has 4 heteroatoms. The number of hydrogen-bond donors (Lipinski definition) is 1. The molecular weight excluding hydrogens is 228 g/mol. The molecule has 1 amide bonds. The van der Waals surface area contributed by atoms with Gasteiger partial charge in [-0.3, -0.25) is 9.69 Å². The molecule has 0 saturated heterocycles. The van der Waals surface area contributed by atoms with E-state index in [2.05, 4.69) is 10.2 Å². The molecule has 2 rings (SSSR count). The molecule has 0 unspecified atom stereocenters. The highest BCUT2D eigenvalue weighted by molar-refractivity contribution is 5.78. The Hall–Kier alpha value is -1.29. The molecule has 1 atom stereocenters. The first kappa shape index (κ1) is 13.1. The molecular formula is C14H22N2O2. The Morgan fingerprint density at radius 2 is 2.22 bits per heavy atom. The Labute approximate surface area is 108 Å². The third-order valence-electron chi connectivity index (χ3n) is 3.69. The summed E-state index contributed by atoms with van der Waals surface area (Å²) in [7, 11) is 3.99. The number of likely N-dealkylation sites (N-methyl/N-ethyl adjacent to an activating group) is 1. The van der Waals surface area contributed by atoms with Crippen molar-refractivity contribution >= 4 is 5.91 Å². The lowest BCUT2D eigenvalue weighted by Crippen LogP contribution is -2.37. The molecule has 0 spiro atoms. The van der Waals surface area contributed by atoms with E-state index in [9.17, 15) is 4.79 Å². The Morgan fingerprint density at radius 1 is 1.50 bits per heavy atom. The minimum atomic E-state index is 0.102. The maximum absolute atomic E-state index is 12.0. The number of nitrogens with zero attached hydrogens (tertiary/aromatic N) is 1. The van der Waals surface area contributed by atoms with Crippen molar-refractivity contribution in [1.29, 1.82) is 0 Å². The van der Waals surface area contributed by atoms with E-state index in [0.717, 1.165) is 18.6 Å². The van der Waals surface area contributed by atoms with Gasteiger partial charge in [-0.2, -0.15) is 0 Å². The molecule has 1 heterocycles. The SMILES string of the molecule is CN(C)[C@H](CNC(=O)C1CCCC1)c1ccco1. The highest BCUT2D eigenvalue weighted by Gasteiger charge is 2.24. The topological polar surface area (TPSA) is 45.5 Å². The van der Waals surface area contributed by atoms with Crippen LogP contribution in [0.3, 0.4) is 0 Å². The lowest BCUT2D eigenvalue weighted by atomic mass is 10.1. The fourth-order valence-electron chi connectivity index (χ4n) is 2.55. The van der Waals surface area contributed by atoms with Gasteiger partial charge in [0.05, 0.1) is 12.3 Å². The summed E-state index contributed by atoms with van der Waals surface area (Å²) in [5.74, 6) is 1.32. The molecule has 1 aromatic heterocycles. The Kier molecular flexibility index (Phi) is 4.42. The summed E-state index contributed by atoms with van der Waals surface area (Å²) < 4.78 is 5.42. The van der Waals surface area contributed by atoms with Crippen molar-refractivity contribution in [1.82, 2.24) is 10.2 Å². The molecule has 1 aliphatic carbocycles. The molecule has 0 aliphatic heterocycles. The van der Waals surface area contributed by atoms with Crippen LogP contribution >= 0.6 is 0 Å². The fourth-order valence-corrected chi connectivity index (χ4v) is 2.55. The smallest absolute Gasteiger partial charge is 0.223 e. The van der Waals surface area contributed by atoms with Crippen molar-refractivity contribution in [3.8, 4) is 0 Å². The van der Waals surface area contributed by atoms with E-state index in [1.807, 2.05) is 26.2 Å². The molecule has 1 aromatic rings. The van der Waals surface area contributed by atoms with Crippen LogP contribution in [0.15, 0.2) is 22.8 Å². The van der Waals surface area contributed by atoms with Crippen LogP contribution in [0.25, 0.3) is 0 Å². The van der Waals surface area contributed by atoms with Gasteiger partial charge in [0.1, 0.15) is 5.76 Å². The molecule has 1 fully saturated rings. The molecule has 0 bridgehead atoms. The molecule has 18 heavy (non-hydrogen) atoms. The third kappa shape index (κ3) is 3.13. The second-order valence-electron chi connectivity index (χ2n) is 5.22. The quantitative estimate of drug-likeness (QED) is 0.871. The Balaban J connectivity index is 1.88. The van der Waals surface area contributed by atoms with E-state index in [1.54, 1.807) is 6.26 Å². The summed E-state index contributed by atoms with van der Waals surface area (Å²) in [5, 5.41) is 3.05. The van der Waals surface area contributed by atoms with E-state index >= 15 is 0 Å². The van der Waals surface area contributed by atoms with Crippen LogP contribution in [0.4, 0.5) is 0 Å². The predicted molar refractivity (Wildman–Crippen MR) is 70.1 cm³/mol. The first-order valence-electron chi connectivity index (χ1n) is 6.66. The number of furan rings is 1. The van der Waals surface area contributed by atoms with Gasteiger partial charge < -0.3 is 9.73 Å². The Morgan fingerprint density at radius 3 is 2.78 bits per heavy atom. The summed E-state index contributed by atoms with van der Waals surface area (Å²) in [6, 6.07) is 3.93. The van der Waals surface area contributed by atoms with Crippen molar-refractivity contribution in [2.75, 3.05) is 20.6 Å². The van der Waals surface area contributed by atoms with E-state index < -0.39 is 0 Å². The predicted octanol–water partition coefficient (Wildman–Crippen LogP) is 2.19. The first-order valence-corrected chi connectivity index (χ1v) is 6.66. The van der Waals surface area contributed by atoms with Crippen LogP contribution in [0, 0.1) is 5.92 Å². The van der Waals surface area contributed by atoms with Crippen LogP contribution in [0.5, 0.6) is 0 Å². The van der Waals surface area contributed by atoms with Crippen LogP contribution in [0.1, 0.15) is 37.5 Å². The Bertz CT molecular complexity index is 367. The number of carbonyl (C=O) groups excluding carboxylic acids is 1. The van der Waals surface area contributed by atoms with Crippen molar-refractivity contribution in [3.05, 3.63) is 24.2 Å². The summed E-state index contributed by atoms with van der Waals surface area (Å²) in [4.78, 5) is 14.0. The summed E-state index contributed by atoms with van der Waals surface area (Å²) >= 11 is 0. The zero-order chi connectivity index (χ0) is 13.0. The summed E-state index contributed by atoms with van der Waals surface area (Å²) in [6.07, 6.45) is 6.13. The van der Waals surface area contributed by atoms with Crippen molar-refractivity contribution in [3.63, 3.8) is 0 Å². The third-order valence-corrected chi connectivity index (χ3v) is 3.69. The van der Waals surface area contributed by atoms with E-state index in [0.29, 0.717) is 6.54 Å². The molecule has 1 aliphatic rings. The van der Waals surface area contributed by atoms with E-state index in [-0.39, 0.29) is 17.9 Å². The van der Waals surface area contributed by atoms with Gasteiger partial charge in [0.15, 0.2) is 0 Å². The number of nitrogens with one attached hydrogen (secondary N) is 1. The van der Waals surface area contributed by atoms with Crippen LogP contribution in [-0.2, 0) is 4.79 Å². The zero-order valence-electron chi connectivity index (χ0n) is 11.2. The maximum atomic E-state index is 12.0. The average molecular weight is 250 g/mol. The molecule has 1 saturated carbocycles. The first-order chi connectivity index (χ1) is 8.68. The normalized spacial score (nSPS) is 18.2. The molecule has 100 valence electrons. The minimum Gasteiger partial charge on any atom is -0.468 e. The monoisotopic (exact) mass is 250 g/mol. The summed E-state index contributed by atoms with van der Waals surface area (Å²) in [5.41, 5.74) is 0. The van der Waals surface area contributed by atoms with E-state index in [4.69, 9.17) is 4.42 Å². The highest BCUT2D eigenvalue weighted by atomic mass is 16.3. The number of hydrogen-bond acceptors (Lipinski definition) is 3. The molecule has 1 N–H and O–H groups in total. The average Bonchev–Trinajstić information content (AvgIpc) is 3.01. The molecule has 0 radical (unpaired) electrons. The second kappa shape index (κ2) is 6.05. The van der Waals surface area contributed by atoms with Gasteiger partial charge in [-0.1, -0.05) is 12.8 Å². The van der Waals surface area contributed by atoms with Crippen LogP contribution in [0.2, 0.25) is 0 Å². The fraction of sp³-hybridized carbons (Fsp3) is 0.643. The van der Waals surface area contributed by atoms with Gasteiger partial charge in [0, 0.05) is 12.5 Å². The summed E-state index contributed by atoms with van der Waals surface area (Å²) in [6.45, 7) is 0.607. The number of carbonyl (C=O) groups is 1. The molecule has 0 aromatic carbocycles. The molecule has 4 nitrogen and oxygen atoms in total. The van der Waals surface area contributed by atoms with Gasteiger partial charge in [0.2, 0.25) is 5.91 Å². The number of rotatable bonds is 5. The number of amides is 1. The van der Waals surface area contributed by atoms with Gasteiger partial charge in [-0.05, 0) is 39.1 Å². The largest absolute Gasteiger partial charge is 0.468 e. The van der Waals surface area contributed by atoms with Gasteiger partial charge in [0.25, 0.3) is 0 Å². The maximum Gasteiger partial charge on any atom is 0.223 e. The standard InChI is InChI=1S/C14H22N2O2/c1-16(2)12(13-8-5-9-18-13)10-15-14(17)11-6-3-4-7-11/h5,8-9,11-12H,3-4,6-7,10H2,1-2H3,(H,15,17)/t12-/m1/s1. The van der Waals surface area contributed by atoms with Gasteiger partial charge >= 0.3 is 0 Å². The second-order valence-corrected chi connectivity index (χ2v) is 5.22. The van der Waals surface area contributed by atoms with Crippen LogP contribution in [-0.4, -0.2) is 31.4 Å². The van der Waals surface area contributed by atoms with Crippen molar-refractivity contribution < 1.29 is 9.21 Å². The van der Waals surface area contributed by atoms with Gasteiger partial charge in [-0.15, -0.1) is 0 Å². The van der Waals surface area contributed by atoms with Crippen molar-refractivity contribution in [2.24, 2.45) is 5.92 Å². The van der Waals surface area contributed by atoms with Gasteiger partial charge in [-0.25, -0.2) is 0 Å². The minimum absolute atomic E-state index is 0.102. The van der Waals surface area contributed by atoms with Crippen molar-refractivity contribution in [2.45, 2.75) is 31.7 Å². The van der Waals surface area contributed by atoms with Crippen LogP contribution < -0.4 is 5.32 Å². The highest BCUT2D eigenvalue weighted by Crippen LogP contribution is 2.25. The lowest BCUT2D eigenvalue weighted by Gasteiger charge is -2.23. The van der Waals surface area contributed by atoms with E-state index in [1.165, 1.54) is 12.8 Å². The lowest BCUT2D eigenvalue weighted by molar-refractivity contribution is -0.125.